The first-order valence-corrected chi connectivity index (χ1v) is 10.6. The number of carbonyl (C=O) groups excluding carboxylic acids is 1. The summed E-state index contributed by atoms with van der Waals surface area (Å²) < 4.78 is 5.45. The molecule has 1 saturated heterocycles. The van der Waals surface area contributed by atoms with Gasteiger partial charge in [0.15, 0.2) is 0 Å². The van der Waals surface area contributed by atoms with E-state index in [2.05, 4.69) is 40.2 Å². The first kappa shape index (κ1) is 19.2. The Kier molecular flexibility index (Phi) is 5.31. The topological polar surface area (TPSA) is 55.3 Å². The molecule has 5 nitrogen and oxygen atoms in total. The molecule has 154 valence electrons. The molecule has 3 aromatic carbocycles. The minimum Gasteiger partial charge on any atom is -0.423 e. The van der Waals surface area contributed by atoms with Crippen LogP contribution in [-0.4, -0.2) is 29.0 Å². The van der Waals surface area contributed by atoms with E-state index in [0.29, 0.717) is 22.7 Å². The Labute approximate surface area is 181 Å². The van der Waals surface area contributed by atoms with E-state index in [1.807, 2.05) is 30.5 Å². The molecule has 1 aromatic heterocycles. The molecule has 1 aliphatic heterocycles. The van der Waals surface area contributed by atoms with Gasteiger partial charge in [0.2, 0.25) is 0 Å². The van der Waals surface area contributed by atoms with Crippen molar-refractivity contribution in [2.45, 2.75) is 18.8 Å². The standard InChI is InChI=1S/C26H23N3O2/c30-26(31-22-9-5-2-6-10-22)21-11-12-23-24(17-21)28-25(18-27-23)29-15-13-20(14-16-29)19-7-3-1-4-8-19/h1-12,17-18,20H,13-16H2. The highest BCUT2D eigenvalue weighted by atomic mass is 16.5. The van der Waals surface area contributed by atoms with Crippen LogP contribution in [0.5, 0.6) is 5.75 Å². The third-order valence-corrected chi connectivity index (χ3v) is 5.81. The molecule has 0 spiro atoms. The van der Waals surface area contributed by atoms with Crippen LogP contribution in [0.25, 0.3) is 11.0 Å². The highest BCUT2D eigenvalue weighted by molar-refractivity contribution is 5.94. The second kappa shape index (κ2) is 8.56. The fourth-order valence-corrected chi connectivity index (χ4v) is 4.10. The summed E-state index contributed by atoms with van der Waals surface area (Å²) in [5.41, 5.74) is 3.34. The molecular formula is C26H23N3O2. The largest absolute Gasteiger partial charge is 0.423 e. The van der Waals surface area contributed by atoms with Crippen LogP contribution in [0.2, 0.25) is 0 Å². The van der Waals surface area contributed by atoms with Gasteiger partial charge < -0.3 is 9.64 Å². The second-order valence-electron chi connectivity index (χ2n) is 7.81. The smallest absolute Gasteiger partial charge is 0.343 e. The first-order chi connectivity index (χ1) is 15.3. The van der Waals surface area contributed by atoms with E-state index in [9.17, 15) is 4.79 Å². The number of ether oxygens (including phenoxy) is 1. The third kappa shape index (κ3) is 4.26. The van der Waals surface area contributed by atoms with Gasteiger partial charge in [-0.3, -0.25) is 4.98 Å². The molecule has 2 heterocycles. The first-order valence-electron chi connectivity index (χ1n) is 10.6. The van der Waals surface area contributed by atoms with Crippen LogP contribution in [0.4, 0.5) is 5.82 Å². The molecule has 5 rings (SSSR count). The zero-order chi connectivity index (χ0) is 21.0. The van der Waals surface area contributed by atoms with Crippen molar-refractivity contribution >= 4 is 22.8 Å². The van der Waals surface area contributed by atoms with Crippen LogP contribution in [0.1, 0.15) is 34.7 Å². The molecule has 0 atom stereocenters. The van der Waals surface area contributed by atoms with Gasteiger partial charge in [-0.25, -0.2) is 9.78 Å². The van der Waals surface area contributed by atoms with Gasteiger partial charge in [0.1, 0.15) is 11.6 Å². The second-order valence-corrected chi connectivity index (χ2v) is 7.81. The van der Waals surface area contributed by atoms with Crippen LogP contribution in [0.15, 0.2) is 85.1 Å². The molecular weight excluding hydrogens is 386 g/mol. The fourth-order valence-electron chi connectivity index (χ4n) is 4.10. The van der Waals surface area contributed by atoms with E-state index in [1.54, 1.807) is 24.3 Å². The molecule has 0 amide bonds. The molecule has 0 unspecified atom stereocenters. The van der Waals surface area contributed by atoms with E-state index < -0.39 is 5.97 Å². The van der Waals surface area contributed by atoms with Gasteiger partial charge in [-0.2, -0.15) is 0 Å². The van der Waals surface area contributed by atoms with Crippen LogP contribution in [0, 0.1) is 0 Å². The molecule has 0 N–H and O–H groups in total. The lowest BCUT2D eigenvalue weighted by Gasteiger charge is -2.33. The zero-order valence-corrected chi connectivity index (χ0v) is 17.1. The molecule has 0 aliphatic carbocycles. The summed E-state index contributed by atoms with van der Waals surface area (Å²) in [6.45, 7) is 1.88. The lowest BCUT2D eigenvalue weighted by molar-refractivity contribution is 0.0735. The Morgan fingerprint density at radius 3 is 2.32 bits per heavy atom. The van der Waals surface area contributed by atoms with Crippen molar-refractivity contribution in [2.24, 2.45) is 0 Å². The van der Waals surface area contributed by atoms with Crippen LogP contribution in [0.3, 0.4) is 0 Å². The van der Waals surface area contributed by atoms with Crippen LogP contribution < -0.4 is 9.64 Å². The number of para-hydroxylation sites is 1. The van der Waals surface area contributed by atoms with Crippen LogP contribution in [-0.2, 0) is 0 Å². The minimum atomic E-state index is -0.399. The number of piperidine rings is 1. The third-order valence-electron chi connectivity index (χ3n) is 5.81. The van der Waals surface area contributed by atoms with E-state index >= 15 is 0 Å². The Bertz CT molecular complexity index is 1190. The number of benzene rings is 3. The molecule has 0 radical (unpaired) electrons. The molecule has 5 heteroatoms. The average Bonchev–Trinajstić information content (AvgIpc) is 2.84. The van der Waals surface area contributed by atoms with E-state index in [4.69, 9.17) is 9.72 Å². The van der Waals surface area contributed by atoms with Crippen LogP contribution >= 0.6 is 0 Å². The van der Waals surface area contributed by atoms with Crippen molar-refractivity contribution in [3.63, 3.8) is 0 Å². The molecule has 0 bridgehead atoms. The van der Waals surface area contributed by atoms with Gasteiger partial charge in [-0.05, 0) is 54.7 Å². The van der Waals surface area contributed by atoms with Gasteiger partial charge in [-0.1, -0.05) is 48.5 Å². The molecule has 0 saturated carbocycles. The number of rotatable bonds is 4. The quantitative estimate of drug-likeness (QED) is 0.341. The van der Waals surface area contributed by atoms with E-state index in [-0.39, 0.29) is 0 Å². The highest BCUT2D eigenvalue weighted by Gasteiger charge is 2.22. The molecule has 4 aromatic rings. The van der Waals surface area contributed by atoms with Crippen molar-refractivity contribution in [3.8, 4) is 5.75 Å². The monoisotopic (exact) mass is 409 g/mol. The molecule has 31 heavy (non-hydrogen) atoms. The Balaban J connectivity index is 1.32. The predicted molar refractivity (Wildman–Crippen MR) is 122 cm³/mol. The molecule has 1 aliphatic rings. The minimum absolute atomic E-state index is 0.399. The Hall–Kier alpha value is -3.73. The van der Waals surface area contributed by atoms with E-state index in [0.717, 1.165) is 37.3 Å². The lowest BCUT2D eigenvalue weighted by Crippen LogP contribution is -2.33. The maximum atomic E-state index is 12.5. The number of carbonyl (C=O) groups is 1. The highest BCUT2D eigenvalue weighted by Crippen LogP contribution is 2.30. The van der Waals surface area contributed by atoms with Crippen molar-refractivity contribution in [3.05, 3.63) is 96.2 Å². The average molecular weight is 409 g/mol. The van der Waals surface area contributed by atoms with Gasteiger partial charge in [0.25, 0.3) is 0 Å². The van der Waals surface area contributed by atoms with Crippen molar-refractivity contribution < 1.29 is 9.53 Å². The van der Waals surface area contributed by atoms with E-state index in [1.165, 1.54) is 5.56 Å². The summed E-state index contributed by atoms with van der Waals surface area (Å²) in [5, 5.41) is 0. The maximum absolute atomic E-state index is 12.5. The Morgan fingerprint density at radius 1 is 0.871 bits per heavy atom. The predicted octanol–water partition coefficient (Wildman–Crippen LogP) is 5.23. The summed E-state index contributed by atoms with van der Waals surface area (Å²) in [5.74, 6) is 1.57. The van der Waals surface area contributed by atoms with Gasteiger partial charge in [0, 0.05) is 13.1 Å². The number of anilines is 1. The fraction of sp³-hybridized carbons (Fsp3) is 0.192. The number of aromatic nitrogens is 2. The van der Waals surface area contributed by atoms with Crippen molar-refractivity contribution in [2.75, 3.05) is 18.0 Å². The number of nitrogens with zero attached hydrogens (tertiary/aromatic N) is 3. The van der Waals surface area contributed by atoms with Crippen molar-refractivity contribution in [1.82, 2.24) is 9.97 Å². The maximum Gasteiger partial charge on any atom is 0.343 e. The normalized spacial score (nSPS) is 14.5. The number of fused-ring (bicyclic) bond motifs is 1. The lowest BCUT2D eigenvalue weighted by atomic mass is 9.89. The summed E-state index contributed by atoms with van der Waals surface area (Å²) in [6.07, 6.45) is 4.01. The summed E-state index contributed by atoms with van der Waals surface area (Å²) in [4.78, 5) is 24.2. The summed E-state index contributed by atoms with van der Waals surface area (Å²) >= 11 is 0. The molecule has 1 fully saturated rings. The zero-order valence-electron chi connectivity index (χ0n) is 17.1. The Morgan fingerprint density at radius 2 is 1.58 bits per heavy atom. The van der Waals surface area contributed by atoms with Gasteiger partial charge in [-0.15, -0.1) is 0 Å². The number of hydrogen-bond donors (Lipinski definition) is 0. The van der Waals surface area contributed by atoms with Gasteiger partial charge in [0.05, 0.1) is 22.8 Å². The number of hydrogen-bond acceptors (Lipinski definition) is 5. The van der Waals surface area contributed by atoms with Gasteiger partial charge >= 0.3 is 5.97 Å². The SMILES string of the molecule is O=C(Oc1ccccc1)c1ccc2ncc(N3CCC(c4ccccc4)CC3)nc2c1. The summed E-state index contributed by atoms with van der Waals surface area (Å²) in [6, 6.07) is 25.1. The summed E-state index contributed by atoms with van der Waals surface area (Å²) in [7, 11) is 0. The van der Waals surface area contributed by atoms with Crippen molar-refractivity contribution in [1.29, 1.82) is 0 Å². The number of esters is 1.